The van der Waals surface area contributed by atoms with Crippen LogP contribution in [-0.2, 0) is 10.0 Å². The first-order valence-electron chi connectivity index (χ1n) is 8.51. The van der Waals surface area contributed by atoms with E-state index in [2.05, 4.69) is 33.8 Å². The van der Waals surface area contributed by atoms with Crippen molar-refractivity contribution in [1.82, 2.24) is 4.31 Å². The van der Waals surface area contributed by atoms with Crippen molar-refractivity contribution in [3.63, 3.8) is 0 Å². The van der Waals surface area contributed by atoms with Crippen LogP contribution in [0.15, 0.2) is 34.8 Å². The minimum Gasteiger partial charge on any atom is -0.393 e. The van der Waals surface area contributed by atoms with Gasteiger partial charge >= 0.3 is 0 Å². The molecule has 1 aliphatic carbocycles. The molecule has 0 aromatic carbocycles. The van der Waals surface area contributed by atoms with Crippen molar-refractivity contribution in [3.8, 4) is 0 Å². The molecule has 2 aliphatic rings. The van der Waals surface area contributed by atoms with Crippen molar-refractivity contribution in [2.24, 2.45) is 17.8 Å². The van der Waals surface area contributed by atoms with Gasteiger partial charge in [0.1, 0.15) is 0 Å². The van der Waals surface area contributed by atoms with Crippen LogP contribution in [-0.4, -0.2) is 37.0 Å². The Labute approximate surface area is 140 Å². The Morgan fingerprint density at radius 1 is 1.09 bits per heavy atom. The van der Waals surface area contributed by atoms with Crippen molar-refractivity contribution in [2.75, 3.05) is 13.1 Å². The molecule has 1 unspecified atom stereocenters. The average molecular weight is 340 g/mol. The predicted octanol–water partition coefficient (Wildman–Crippen LogP) is 3.08. The Bertz CT molecular complexity index is 606. The summed E-state index contributed by atoms with van der Waals surface area (Å²) in [5, 5.41) is 9.60. The molecule has 130 valence electrons. The van der Waals surface area contributed by atoms with E-state index in [4.69, 9.17) is 0 Å². The van der Waals surface area contributed by atoms with E-state index in [-0.39, 0.29) is 12.0 Å². The van der Waals surface area contributed by atoms with Gasteiger partial charge in [-0.15, -0.1) is 0 Å². The highest BCUT2D eigenvalue weighted by Gasteiger charge is 2.30. The van der Waals surface area contributed by atoms with Crippen molar-refractivity contribution in [1.29, 1.82) is 0 Å². The number of nitrogens with zero attached hydrogens (tertiary/aromatic N) is 1. The lowest BCUT2D eigenvalue weighted by atomic mass is 9.91. The molecule has 0 saturated carbocycles. The van der Waals surface area contributed by atoms with E-state index in [0.717, 1.165) is 0 Å². The summed E-state index contributed by atoms with van der Waals surface area (Å²) < 4.78 is 27.4. The summed E-state index contributed by atoms with van der Waals surface area (Å²) in [4.78, 5) is 0.388. The smallest absolute Gasteiger partial charge is 0.242 e. The minimum atomic E-state index is -3.48. The topological polar surface area (TPSA) is 57.6 Å². The molecule has 0 aromatic heterocycles. The normalized spacial score (nSPS) is 24.7. The van der Waals surface area contributed by atoms with Crippen LogP contribution in [0.25, 0.3) is 0 Å². The molecule has 1 N–H and O–H groups in total. The molecule has 0 bridgehead atoms. The second-order valence-electron chi connectivity index (χ2n) is 7.18. The third-order valence-corrected chi connectivity index (χ3v) is 6.59. The fourth-order valence-corrected chi connectivity index (χ4v) is 4.48. The van der Waals surface area contributed by atoms with Crippen LogP contribution in [0.1, 0.15) is 40.5 Å². The molecule has 1 fully saturated rings. The summed E-state index contributed by atoms with van der Waals surface area (Å²) in [5.74, 6) is 0.827. The summed E-state index contributed by atoms with van der Waals surface area (Å²) >= 11 is 0. The van der Waals surface area contributed by atoms with Crippen molar-refractivity contribution in [3.05, 3.63) is 34.8 Å². The number of rotatable bonds is 4. The zero-order valence-electron chi connectivity index (χ0n) is 14.6. The fraction of sp³-hybridized carbons (Fsp3) is 0.667. The summed E-state index contributed by atoms with van der Waals surface area (Å²) in [7, 11) is -3.48. The number of aliphatic hydroxyl groups is 1. The van der Waals surface area contributed by atoms with E-state index >= 15 is 0 Å². The molecule has 2 rings (SSSR count). The maximum absolute atomic E-state index is 12.9. The van der Waals surface area contributed by atoms with Gasteiger partial charge in [-0.05, 0) is 42.2 Å². The highest BCUT2D eigenvalue weighted by atomic mass is 32.2. The van der Waals surface area contributed by atoms with Gasteiger partial charge in [-0.1, -0.05) is 45.9 Å². The van der Waals surface area contributed by atoms with Gasteiger partial charge in [0.25, 0.3) is 0 Å². The number of piperidine rings is 1. The molecular weight excluding hydrogens is 310 g/mol. The van der Waals surface area contributed by atoms with Gasteiger partial charge in [0.05, 0.1) is 11.0 Å². The van der Waals surface area contributed by atoms with Crippen LogP contribution in [0.2, 0.25) is 0 Å². The Morgan fingerprint density at radius 2 is 1.70 bits per heavy atom. The van der Waals surface area contributed by atoms with Gasteiger partial charge in [-0.3, -0.25) is 0 Å². The van der Waals surface area contributed by atoms with E-state index in [0.29, 0.717) is 42.7 Å². The SMILES string of the molecule is CC(C)C1=CC(C(C)C)C=C(S(=O)(=O)N2CCC(O)CC2)C=C1. The summed E-state index contributed by atoms with van der Waals surface area (Å²) in [5.41, 5.74) is 1.18. The molecule has 0 aromatic rings. The number of aliphatic hydroxyl groups excluding tert-OH is 1. The molecule has 1 saturated heterocycles. The monoisotopic (exact) mass is 339 g/mol. The predicted molar refractivity (Wildman–Crippen MR) is 94.2 cm³/mol. The molecule has 0 radical (unpaired) electrons. The second-order valence-corrected chi connectivity index (χ2v) is 9.12. The minimum absolute atomic E-state index is 0.113. The summed E-state index contributed by atoms with van der Waals surface area (Å²) in [6.07, 6.45) is 8.41. The van der Waals surface area contributed by atoms with Crippen LogP contribution < -0.4 is 0 Å². The van der Waals surface area contributed by atoms with Gasteiger partial charge in [-0.25, -0.2) is 8.42 Å². The van der Waals surface area contributed by atoms with E-state index in [9.17, 15) is 13.5 Å². The Hall–Kier alpha value is -0.910. The van der Waals surface area contributed by atoms with Crippen molar-refractivity contribution >= 4 is 10.0 Å². The lowest BCUT2D eigenvalue weighted by Crippen LogP contribution is -2.40. The summed E-state index contributed by atoms with van der Waals surface area (Å²) in [6.45, 7) is 9.26. The lowest BCUT2D eigenvalue weighted by Gasteiger charge is -2.29. The Balaban J connectivity index is 2.32. The standard InChI is InChI=1S/C18H29NO3S/c1-13(2)15-5-6-18(12-16(11-15)14(3)4)23(21,22)19-9-7-17(20)8-10-19/h5-6,11-14,16-17,20H,7-10H2,1-4H3. The number of allylic oxidation sites excluding steroid dienone is 5. The van der Waals surface area contributed by atoms with Crippen molar-refractivity contribution < 1.29 is 13.5 Å². The molecule has 0 spiro atoms. The molecule has 23 heavy (non-hydrogen) atoms. The van der Waals surface area contributed by atoms with Crippen LogP contribution in [0.5, 0.6) is 0 Å². The highest BCUT2D eigenvalue weighted by Crippen LogP contribution is 2.29. The van der Waals surface area contributed by atoms with Crippen LogP contribution in [0, 0.1) is 17.8 Å². The first-order valence-corrected chi connectivity index (χ1v) is 9.95. The molecule has 4 nitrogen and oxygen atoms in total. The molecular formula is C18H29NO3S. The summed E-state index contributed by atoms with van der Waals surface area (Å²) in [6, 6.07) is 0. The quantitative estimate of drug-likeness (QED) is 0.856. The zero-order chi connectivity index (χ0) is 17.2. The Kier molecular flexibility index (Phi) is 5.87. The van der Waals surface area contributed by atoms with Crippen LogP contribution in [0.4, 0.5) is 0 Å². The van der Waals surface area contributed by atoms with Gasteiger partial charge < -0.3 is 5.11 Å². The first-order chi connectivity index (χ1) is 10.7. The number of hydrogen-bond donors (Lipinski definition) is 1. The largest absolute Gasteiger partial charge is 0.393 e. The number of sulfonamides is 1. The average Bonchev–Trinajstić information content (AvgIpc) is 2.71. The van der Waals surface area contributed by atoms with Crippen molar-refractivity contribution in [2.45, 2.75) is 46.6 Å². The van der Waals surface area contributed by atoms with Gasteiger partial charge in [0.15, 0.2) is 0 Å². The van der Waals surface area contributed by atoms with Gasteiger partial charge in [0.2, 0.25) is 10.0 Å². The molecule has 1 atom stereocenters. The molecule has 0 amide bonds. The Morgan fingerprint density at radius 3 is 2.22 bits per heavy atom. The number of hydrogen-bond acceptors (Lipinski definition) is 3. The molecule has 1 heterocycles. The van der Waals surface area contributed by atoms with Gasteiger partial charge in [-0.2, -0.15) is 4.31 Å². The molecule has 1 aliphatic heterocycles. The highest BCUT2D eigenvalue weighted by molar-refractivity contribution is 7.93. The van der Waals surface area contributed by atoms with E-state index < -0.39 is 10.0 Å². The fourth-order valence-electron chi connectivity index (χ4n) is 2.92. The van der Waals surface area contributed by atoms with E-state index in [1.54, 1.807) is 6.08 Å². The van der Waals surface area contributed by atoms with E-state index in [1.807, 2.05) is 12.2 Å². The van der Waals surface area contributed by atoms with Gasteiger partial charge in [0, 0.05) is 13.1 Å². The maximum atomic E-state index is 12.9. The lowest BCUT2D eigenvalue weighted by molar-refractivity contribution is 0.113. The van der Waals surface area contributed by atoms with E-state index in [1.165, 1.54) is 9.88 Å². The third kappa shape index (κ3) is 4.34. The zero-order valence-corrected chi connectivity index (χ0v) is 15.4. The molecule has 5 heteroatoms. The van der Waals surface area contributed by atoms with Crippen LogP contribution in [0.3, 0.4) is 0 Å². The first kappa shape index (κ1) is 18.4. The second kappa shape index (κ2) is 7.32. The van der Waals surface area contributed by atoms with Crippen LogP contribution >= 0.6 is 0 Å². The maximum Gasteiger partial charge on any atom is 0.242 e. The third-order valence-electron chi connectivity index (χ3n) is 4.68.